The molecule has 1 saturated heterocycles. The van der Waals surface area contributed by atoms with Crippen molar-refractivity contribution in [1.29, 1.82) is 0 Å². The summed E-state index contributed by atoms with van der Waals surface area (Å²) in [6.45, 7) is 5.01. The normalized spacial score (nSPS) is 16.9. The molecule has 134 valence electrons. The van der Waals surface area contributed by atoms with Crippen molar-refractivity contribution in [2.75, 3.05) is 40.3 Å². The molecule has 1 aliphatic rings. The molecule has 0 aromatic heterocycles. The van der Waals surface area contributed by atoms with Crippen molar-refractivity contribution in [3.8, 4) is 0 Å². The lowest BCUT2D eigenvalue weighted by Gasteiger charge is -2.29. The van der Waals surface area contributed by atoms with Crippen LogP contribution in [0.2, 0.25) is 0 Å². The summed E-state index contributed by atoms with van der Waals surface area (Å²) in [5.74, 6) is -0.0187. The van der Waals surface area contributed by atoms with Crippen LogP contribution in [0.25, 0.3) is 0 Å². The van der Waals surface area contributed by atoms with Gasteiger partial charge in [0.15, 0.2) is 0 Å². The van der Waals surface area contributed by atoms with Gasteiger partial charge in [-0.3, -0.25) is 9.59 Å². The smallest absolute Gasteiger partial charge is 0.253 e. The van der Waals surface area contributed by atoms with Crippen LogP contribution >= 0.6 is 12.4 Å². The van der Waals surface area contributed by atoms with Gasteiger partial charge in [0.05, 0.1) is 6.61 Å². The van der Waals surface area contributed by atoms with Crippen molar-refractivity contribution in [2.24, 2.45) is 0 Å². The first-order valence-electron chi connectivity index (χ1n) is 7.94. The van der Waals surface area contributed by atoms with Gasteiger partial charge < -0.3 is 19.9 Å². The molecule has 1 heterocycles. The number of carbonyl (C=O) groups excluding carboxylic acids is 2. The van der Waals surface area contributed by atoms with Crippen molar-refractivity contribution >= 4 is 24.2 Å². The van der Waals surface area contributed by atoms with E-state index in [4.69, 9.17) is 4.74 Å². The van der Waals surface area contributed by atoms with E-state index in [0.717, 1.165) is 12.1 Å². The Hall–Kier alpha value is -1.63. The van der Waals surface area contributed by atoms with Crippen LogP contribution in [0, 0.1) is 0 Å². The van der Waals surface area contributed by atoms with Gasteiger partial charge in [0.1, 0.15) is 6.10 Å². The van der Waals surface area contributed by atoms with Gasteiger partial charge in [-0.25, -0.2) is 0 Å². The average molecular weight is 356 g/mol. The lowest BCUT2D eigenvalue weighted by Crippen LogP contribution is -2.49. The third kappa shape index (κ3) is 5.19. The number of amides is 2. The molecule has 1 aliphatic heterocycles. The van der Waals surface area contributed by atoms with Crippen LogP contribution < -0.4 is 5.32 Å². The highest BCUT2D eigenvalue weighted by Gasteiger charge is 2.26. The monoisotopic (exact) mass is 355 g/mol. The topological polar surface area (TPSA) is 61.9 Å². The second kappa shape index (κ2) is 9.61. The highest BCUT2D eigenvalue weighted by Crippen LogP contribution is 2.11. The molecule has 0 saturated carbocycles. The molecular weight excluding hydrogens is 330 g/mol. The van der Waals surface area contributed by atoms with E-state index >= 15 is 0 Å². The number of morpholine rings is 1. The molecule has 1 aromatic rings. The highest BCUT2D eigenvalue weighted by atomic mass is 35.5. The fourth-order valence-corrected chi connectivity index (χ4v) is 2.50. The summed E-state index contributed by atoms with van der Waals surface area (Å²) in [6, 6.07) is 7.39. The molecule has 7 heteroatoms. The minimum atomic E-state index is -0.404. The lowest BCUT2D eigenvalue weighted by molar-refractivity contribution is -0.145. The molecule has 1 fully saturated rings. The Morgan fingerprint density at radius 1 is 1.25 bits per heavy atom. The van der Waals surface area contributed by atoms with Crippen LogP contribution in [0.4, 0.5) is 0 Å². The Balaban J connectivity index is 0.00000288. The first-order chi connectivity index (χ1) is 11.0. The molecule has 2 amide bonds. The molecule has 0 spiro atoms. The number of nitrogens with zero attached hydrogens (tertiary/aromatic N) is 2. The van der Waals surface area contributed by atoms with Crippen LogP contribution in [0.5, 0.6) is 0 Å². The molecule has 0 radical (unpaired) electrons. The first-order valence-corrected chi connectivity index (χ1v) is 7.94. The highest BCUT2D eigenvalue weighted by molar-refractivity contribution is 5.93. The van der Waals surface area contributed by atoms with Gasteiger partial charge in [-0.1, -0.05) is 12.1 Å². The molecule has 0 bridgehead atoms. The number of ether oxygens (including phenoxy) is 1. The lowest BCUT2D eigenvalue weighted by atomic mass is 10.1. The molecule has 1 N–H and O–H groups in total. The Labute approximate surface area is 149 Å². The molecule has 0 aliphatic carbocycles. The van der Waals surface area contributed by atoms with Crippen molar-refractivity contribution in [3.05, 3.63) is 35.4 Å². The van der Waals surface area contributed by atoms with Crippen LogP contribution in [-0.2, 0) is 16.1 Å². The number of likely N-dealkylation sites (N-methyl/N-ethyl adjacent to an activating group) is 1. The Bertz CT molecular complexity index is 543. The fraction of sp³-hybridized carbons (Fsp3) is 0.529. The minimum absolute atomic E-state index is 0. The van der Waals surface area contributed by atoms with Crippen LogP contribution in [0.3, 0.4) is 0 Å². The van der Waals surface area contributed by atoms with E-state index in [-0.39, 0.29) is 24.2 Å². The van der Waals surface area contributed by atoms with Gasteiger partial charge in [-0.2, -0.15) is 0 Å². The van der Waals surface area contributed by atoms with Crippen LogP contribution in [0.15, 0.2) is 24.3 Å². The summed E-state index contributed by atoms with van der Waals surface area (Å²) >= 11 is 0. The third-order valence-electron chi connectivity index (χ3n) is 3.88. The van der Waals surface area contributed by atoms with E-state index in [0.29, 0.717) is 31.8 Å². The summed E-state index contributed by atoms with van der Waals surface area (Å²) in [5.41, 5.74) is 1.65. The fourth-order valence-electron chi connectivity index (χ4n) is 2.50. The zero-order valence-electron chi connectivity index (χ0n) is 14.4. The van der Waals surface area contributed by atoms with Gasteiger partial charge in [-0.15, -0.1) is 12.4 Å². The second-order valence-corrected chi connectivity index (χ2v) is 5.81. The van der Waals surface area contributed by atoms with Gasteiger partial charge in [0.25, 0.3) is 11.8 Å². The third-order valence-corrected chi connectivity index (χ3v) is 3.88. The van der Waals surface area contributed by atoms with Gasteiger partial charge in [0.2, 0.25) is 0 Å². The molecule has 2 rings (SSSR count). The standard InChI is InChI=1S/C17H25N3O3.ClH/c1-4-20(17(22)15-11-18-9-10-23-15)12-13-5-7-14(8-6-13)16(21)19(2)3;/h5-8,15,18H,4,9-12H2,1-3H3;1H. The second-order valence-electron chi connectivity index (χ2n) is 5.81. The number of carbonyl (C=O) groups is 2. The number of benzene rings is 1. The largest absolute Gasteiger partial charge is 0.366 e. The summed E-state index contributed by atoms with van der Waals surface area (Å²) in [4.78, 5) is 27.7. The van der Waals surface area contributed by atoms with Crippen molar-refractivity contribution < 1.29 is 14.3 Å². The van der Waals surface area contributed by atoms with E-state index in [2.05, 4.69) is 5.32 Å². The average Bonchev–Trinajstić information content (AvgIpc) is 2.59. The quantitative estimate of drug-likeness (QED) is 0.860. The van der Waals surface area contributed by atoms with Crippen molar-refractivity contribution in [1.82, 2.24) is 15.1 Å². The number of hydrogen-bond acceptors (Lipinski definition) is 4. The maximum atomic E-state index is 12.5. The van der Waals surface area contributed by atoms with Gasteiger partial charge in [-0.05, 0) is 24.6 Å². The van der Waals surface area contributed by atoms with E-state index in [1.165, 1.54) is 0 Å². The SMILES string of the molecule is CCN(Cc1ccc(C(=O)N(C)C)cc1)C(=O)C1CNCCO1.Cl. The minimum Gasteiger partial charge on any atom is -0.366 e. The first kappa shape index (κ1) is 20.4. The number of nitrogens with one attached hydrogen (secondary N) is 1. The summed E-state index contributed by atoms with van der Waals surface area (Å²) in [5, 5.41) is 3.17. The Kier molecular flexibility index (Phi) is 8.18. The molecule has 6 nitrogen and oxygen atoms in total. The van der Waals surface area contributed by atoms with E-state index in [9.17, 15) is 9.59 Å². The van der Waals surface area contributed by atoms with Crippen LogP contribution in [-0.4, -0.2) is 68.1 Å². The maximum absolute atomic E-state index is 12.5. The molecule has 1 unspecified atom stereocenters. The number of hydrogen-bond donors (Lipinski definition) is 1. The van der Waals surface area contributed by atoms with Crippen molar-refractivity contribution in [2.45, 2.75) is 19.6 Å². The summed E-state index contributed by atoms with van der Waals surface area (Å²) < 4.78 is 5.53. The van der Waals surface area contributed by atoms with Gasteiger partial charge >= 0.3 is 0 Å². The number of halogens is 1. The van der Waals surface area contributed by atoms with Crippen LogP contribution in [0.1, 0.15) is 22.8 Å². The molecule has 1 atom stereocenters. The number of rotatable bonds is 5. The Morgan fingerprint density at radius 3 is 2.42 bits per heavy atom. The maximum Gasteiger partial charge on any atom is 0.253 e. The van der Waals surface area contributed by atoms with Crippen molar-refractivity contribution in [3.63, 3.8) is 0 Å². The predicted molar refractivity (Wildman–Crippen MR) is 95.4 cm³/mol. The zero-order valence-corrected chi connectivity index (χ0v) is 15.3. The summed E-state index contributed by atoms with van der Waals surface area (Å²) in [7, 11) is 3.46. The predicted octanol–water partition coefficient (Wildman–Crippen LogP) is 1.15. The molecular formula is C17H26ClN3O3. The zero-order chi connectivity index (χ0) is 16.8. The van der Waals surface area contributed by atoms with E-state index in [1.54, 1.807) is 36.0 Å². The summed E-state index contributed by atoms with van der Waals surface area (Å²) in [6.07, 6.45) is -0.404. The Morgan fingerprint density at radius 2 is 1.92 bits per heavy atom. The molecule has 1 aromatic carbocycles. The van der Waals surface area contributed by atoms with Gasteiger partial charge in [0, 0.05) is 45.8 Å². The van der Waals surface area contributed by atoms with E-state index in [1.807, 2.05) is 19.1 Å². The molecule has 24 heavy (non-hydrogen) atoms. The van der Waals surface area contributed by atoms with E-state index < -0.39 is 6.10 Å².